The van der Waals surface area contributed by atoms with Gasteiger partial charge in [0.15, 0.2) is 0 Å². The van der Waals surface area contributed by atoms with E-state index in [0.717, 1.165) is 7.11 Å². The van der Waals surface area contributed by atoms with Gasteiger partial charge in [-0.15, -0.1) is 0 Å². The topological polar surface area (TPSA) is 27.7 Å². The van der Waals surface area contributed by atoms with Gasteiger partial charge in [0.1, 0.15) is 0 Å². The molecule has 3 nitrogen and oxygen atoms in total. The van der Waals surface area contributed by atoms with Gasteiger partial charge in [-0.3, -0.25) is 0 Å². The molecular weight excluding hydrogens is 281 g/mol. The van der Waals surface area contributed by atoms with Crippen LogP contribution in [0.2, 0.25) is 39.3 Å². The van der Waals surface area contributed by atoms with Gasteiger partial charge in [0.25, 0.3) is 5.76 Å². The van der Waals surface area contributed by atoms with Gasteiger partial charge in [-0.05, 0) is 39.3 Å². The summed E-state index contributed by atoms with van der Waals surface area (Å²) in [5, 5.41) is 0. The molecule has 0 radical (unpaired) electrons. The third-order valence-electron chi connectivity index (χ3n) is 1.44. The lowest BCUT2D eigenvalue weighted by atomic mass is 10.5. The molecule has 0 aliphatic rings. The van der Waals surface area contributed by atoms with Crippen LogP contribution >= 0.6 is 0 Å². The van der Waals surface area contributed by atoms with E-state index in [1.165, 1.54) is 0 Å². The van der Waals surface area contributed by atoms with Crippen LogP contribution in [0.5, 0.6) is 0 Å². The Kier molecular flexibility index (Phi) is 5.36. The Hall–Kier alpha value is -0.636. The first-order valence-electron chi connectivity index (χ1n) is 5.50. The molecular formula is C10H21F3O3Si2. The maximum absolute atomic E-state index is 13.0. The zero-order valence-electron chi connectivity index (χ0n) is 11.9. The Morgan fingerprint density at radius 1 is 0.833 bits per heavy atom. The van der Waals surface area contributed by atoms with Crippen molar-refractivity contribution in [1.29, 1.82) is 0 Å². The molecule has 0 saturated heterocycles. The number of ether oxygens (including phenoxy) is 1. The highest BCUT2D eigenvalue weighted by Crippen LogP contribution is 2.33. The monoisotopic (exact) mass is 302 g/mol. The summed E-state index contributed by atoms with van der Waals surface area (Å²) < 4.78 is 54.0. The predicted octanol–water partition coefficient (Wildman–Crippen LogP) is 4.07. The van der Waals surface area contributed by atoms with E-state index < -0.39 is 34.5 Å². The standard InChI is InChI=1S/C10H21F3O3Si2/c1-14-9(16-18(5,6)7)8(10(11,12)13)15-17(2,3)4/h1-7H3. The van der Waals surface area contributed by atoms with Gasteiger partial charge < -0.3 is 13.6 Å². The maximum atomic E-state index is 13.0. The van der Waals surface area contributed by atoms with Crippen molar-refractivity contribution in [2.45, 2.75) is 45.5 Å². The molecule has 0 N–H and O–H groups in total. The normalized spacial score (nSPS) is 15.0. The van der Waals surface area contributed by atoms with Crippen molar-refractivity contribution in [3.63, 3.8) is 0 Å². The average molecular weight is 302 g/mol. The fraction of sp³-hybridized carbons (Fsp3) is 0.800. The minimum absolute atomic E-state index is 0.566. The molecule has 0 fully saturated rings. The Balaban J connectivity index is 5.48. The quantitative estimate of drug-likeness (QED) is 0.566. The summed E-state index contributed by atoms with van der Waals surface area (Å²) in [5.41, 5.74) is 0. The van der Waals surface area contributed by atoms with Gasteiger partial charge in [0.2, 0.25) is 16.6 Å². The summed E-state index contributed by atoms with van der Waals surface area (Å²) in [5.74, 6) is -1.73. The molecule has 0 spiro atoms. The van der Waals surface area contributed by atoms with Crippen LogP contribution in [0.3, 0.4) is 0 Å². The van der Waals surface area contributed by atoms with Crippen LogP contribution in [0.1, 0.15) is 0 Å². The third-order valence-corrected chi connectivity index (χ3v) is 3.05. The Morgan fingerprint density at radius 2 is 1.22 bits per heavy atom. The first-order chi connectivity index (χ1) is 7.76. The van der Waals surface area contributed by atoms with Crippen LogP contribution in [-0.2, 0) is 13.6 Å². The summed E-state index contributed by atoms with van der Waals surface area (Å²) in [4.78, 5) is 0. The summed E-state index contributed by atoms with van der Waals surface area (Å²) in [7, 11) is -3.46. The highest BCUT2D eigenvalue weighted by atomic mass is 28.4. The van der Waals surface area contributed by atoms with Crippen LogP contribution < -0.4 is 0 Å². The molecule has 18 heavy (non-hydrogen) atoms. The van der Waals surface area contributed by atoms with E-state index in [2.05, 4.69) is 0 Å². The van der Waals surface area contributed by atoms with Crippen LogP contribution in [0.15, 0.2) is 11.7 Å². The summed E-state index contributed by atoms with van der Waals surface area (Å²) in [6, 6.07) is 0. The molecule has 0 aromatic carbocycles. The second-order valence-corrected chi connectivity index (χ2v) is 14.6. The van der Waals surface area contributed by atoms with Gasteiger partial charge in [-0.1, -0.05) is 0 Å². The lowest BCUT2D eigenvalue weighted by Crippen LogP contribution is -2.34. The molecule has 0 aromatic heterocycles. The largest absolute Gasteiger partial charge is 0.536 e. The van der Waals surface area contributed by atoms with E-state index in [9.17, 15) is 13.2 Å². The highest BCUT2D eigenvalue weighted by molar-refractivity contribution is 6.70. The van der Waals surface area contributed by atoms with Crippen LogP contribution in [-0.4, -0.2) is 29.9 Å². The molecule has 0 bridgehead atoms. The van der Waals surface area contributed by atoms with Gasteiger partial charge in [-0.2, -0.15) is 13.2 Å². The van der Waals surface area contributed by atoms with Crippen molar-refractivity contribution < 1.29 is 26.8 Å². The second-order valence-electron chi connectivity index (χ2n) is 5.75. The Labute approximate surface area is 108 Å². The number of hydrogen-bond donors (Lipinski definition) is 0. The van der Waals surface area contributed by atoms with Crippen LogP contribution in [0, 0.1) is 0 Å². The fourth-order valence-electron chi connectivity index (χ4n) is 0.980. The number of rotatable bonds is 5. The van der Waals surface area contributed by atoms with E-state index in [-0.39, 0.29) is 0 Å². The van der Waals surface area contributed by atoms with E-state index in [0.29, 0.717) is 0 Å². The predicted molar refractivity (Wildman–Crippen MR) is 69.0 cm³/mol. The van der Waals surface area contributed by atoms with Crippen LogP contribution in [0.4, 0.5) is 13.2 Å². The van der Waals surface area contributed by atoms with Crippen LogP contribution in [0.25, 0.3) is 0 Å². The van der Waals surface area contributed by atoms with E-state index in [4.69, 9.17) is 13.6 Å². The third kappa shape index (κ3) is 6.95. The zero-order valence-corrected chi connectivity index (χ0v) is 13.9. The zero-order chi connectivity index (χ0) is 14.8. The molecule has 0 atom stereocenters. The van der Waals surface area contributed by atoms with E-state index in [1.807, 2.05) is 0 Å². The number of alkyl halides is 3. The molecule has 0 aromatic rings. The number of methoxy groups -OCH3 is 1. The molecule has 0 aliphatic heterocycles. The minimum atomic E-state index is -4.62. The van der Waals surface area contributed by atoms with Crippen molar-refractivity contribution >= 4 is 16.6 Å². The summed E-state index contributed by atoms with van der Waals surface area (Å²) in [6.07, 6.45) is -4.62. The lowest BCUT2D eigenvalue weighted by Gasteiger charge is -2.27. The van der Waals surface area contributed by atoms with Gasteiger partial charge >= 0.3 is 12.1 Å². The average Bonchev–Trinajstić information content (AvgIpc) is 2.06. The van der Waals surface area contributed by atoms with Crippen molar-refractivity contribution in [2.24, 2.45) is 0 Å². The first kappa shape index (κ1) is 17.4. The van der Waals surface area contributed by atoms with Crippen molar-refractivity contribution in [3.8, 4) is 0 Å². The fourth-order valence-corrected chi connectivity index (χ4v) is 2.52. The minimum Gasteiger partial charge on any atom is -0.536 e. The van der Waals surface area contributed by atoms with E-state index in [1.54, 1.807) is 39.3 Å². The molecule has 108 valence electrons. The van der Waals surface area contributed by atoms with Crippen molar-refractivity contribution in [1.82, 2.24) is 0 Å². The first-order valence-corrected chi connectivity index (χ1v) is 12.3. The van der Waals surface area contributed by atoms with Gasteiger partial charge in [0, 0.05) is 0 Å². The second kappa shape index (κ2) is 5.56. The molecule has 0 saturated carbocycles. The molecule has 0 rings (SSSR count). The van der Waals surface area contributed by atoms with Crippen molar-refractivity contribution in [3.05, 3.63) is 11.7 Å². The molecule has 0 unspecified atom stereocenters. The Bertz CT molecular complexity index is 314. The number of halogens is 3. The molecule has 8 heteroatoms. The summed E-state index contributed by atoms with van der Waals surface area (Å²) >= 11 is 0. The highest BCUT2D eigenvalue weighted by Gasteiger charge is 2.44. The number of allylic oxidation sites excluding steroid dienone is 1. The molecule has 0 amide bonds. The lowest BCUT2D eigenvalue weighted by molar-refractivity contribution is -0.127. The molecule has 0 heterocycles. The van der Waals surface area contributed by atoms with E-state index >= 15 is 0 Å². The molecule has 0 aliphatic carbocycles. The SMILES string of the molecule is COC(O[Si](C)(C)C)=C(O[Si](C)(C)C)C(F)(F)F. The van der Waals surface area contributed by atoms with Crippen molar-refractivity contribution in [2.75, 3.05) is 7.11 Å². The smallest absolute Gasteiger partial charge is 0.454 e. The Morgan fingerprint density at radius 3 is 1.44 bits per heavy atom. The maximum Gasteiger partial charge on any atom is 0.454 e. The van der Waals surface area contributed by atoms with Gasteiger partial charge in [-0.25, -0.2) is 0 Å². The number of hydrogen-bond acceptors (Lipinski definition) is 3. The summed E-state index contributed by atoms with van der Waals surface area (Å²) in [6.45, 7) is 10.3. The van der Waals surface area contributed by atoms with Gasteiger partial charge in [0.05, 0.1) is 7.11 Å².